The van der Waals surface area contributed by atoms with Gasteiger partial charge in [-0.25, -0.2) is 0 Å². The van der Waals surface area contributed by atoms with Crippen LogP contribution in [0.2, 0.25) is 0 Å². The number of hydroxylamine groups is 2. The number of hydrogen-bond donors (Lipinski definition) is 1. The summed E-state index contributed by atoms with van der Waals surface area (Å²) in [5.74, 6) is 3.09. The number of carboxylic acids is 1. The van der Waals surface area contributed by atoms with Gasteiger partial charge in [0.25, 0.3) is 0 Å². The summed E-state index contributed by atoms with van der Waals surface area (Å²) >= 11 is 1.44. The van der Waals surface area contributed by atoms with Crippen molar-refractivity contribution in [2.24, 2.45) is 0 Å². The van der Waals surface area contributed by atoms with Gasteiger partial charge in [0, 0.05) is 0 Å². The van der Waals surface area contributed by atoms with E-state index in [9.17, 15) is 13.9 Å². The van der Waals surface area contributed by atoms with Crippen molar-refractivity contribution in [1.82, 2.24) is 5.23 Å². The molecule has 0 aromatic heterocycles. The molecule has 17 heavy (non-hydrogen) atoms. The molecule has 0 unspecified atom stereocenters. The Morgan fingerprint density at radius 1 is 1.41 bits per heavy atom. The van der Waals surface area contributed by atoms with E-state index in [-0.39, 0.29) is 6.42 Å². The molecule has 0 bridgehead atoms. The summed E-state index contributed by atoms with van der Waals surface area (Å²) in [5.41, 5.74) is 0. The van der Waals surface area contributed by atoms with E-state index in [1.807, 2.05) is 17.9 Å². The molecule has 0 fully saturated rings. The van der Waals surface area contributed by atoms with Crippen molar-refractivity contribution in [3.63, 3.8) is 0 Å². The molecule has 0 spiro atoms. The van der Waals surface area contributed by atoms with Crippen LogP contribution >= 0.6 is 27.6 Å². The van der Waals surface area contributed by atoms with Gasteiger partial charge < -0.3 is 0 Å². The van der Waals surface area contributed by atoms with Gasteiger partial charge in [0.05, 0.1) is 0 Å². The predicted octanol–water partition coefficient (Wildman–Crippen LogP) is 1.77. The van der Waals surface area contributed by atoms with Crippen LogP contribution in [0.4, 0.5) is 0 Å². The fourth-order valence-electron chi connectivity index (χ4n) is 0.808. The summed E-state index contributed by atoms with van der Waals surface area (Å²) in [5, 5.41) is 9.46. The Kier molecular flexibility index (Phi) is 10.7. The van der Waals surface area contributed by atoms with Crippen molar-refractivity contribution in [2.75, 3.05) is 12.0 Å². The van der Waals surface area contributed by atoms with Crippen LogP contribution < -0.4 is 0 Å². The van der Waals surface area contributed by atoms with Crippen LogP contribution in [0.15, 0.2) is 0 Å². The zero-order valence-electron chi connectivity index (χ0n) is 8.73. The topological polar surface area (TPSA) is 93.1 Å². The van der Waals surface area contributed by atoms with Gasteiger partial charge in [-0.1, -0.05) is 0 Å². The van der Waals surface area contributed by atoms with E-state index in [2.05, 4.69) is 9.68 Å². The summed E-state index contributed by atoms with van der Waals surface area (Å²) in [7, 11) is -1.14. The summed E-state index contributed by atoms with van der Waals surface area (Å²) in [6, 6.07) is -1.15. The Morgan fingerprint density at radius 2 is 1.94 bits per heavy atom. The van der Waals surface area contributed by atoms with Crippen LogP contribution in [0.25, 0.3) is 0 Å². The van der Waals surface area contributed by atoms with Gasteiger partial charge >= 0.3 is 104 Å². The third kappa shape index (κ3) is 7.61. The second-order valence-electron chi connectivity index (χ2n) is 2.47. The molecule has 0 radical (unpaired) electrons. The molecule has 0 heterocycles. The molecule has 0 aliphatic carbocycles. The third-order valence-electron chi connectivity index (χ3n) is 1.47. The second kappa shape index (κ2) is 10.8. The first-order valence-corrected chi connectivity index (χ1v) is 7.18. The van der Waals surface area contributed by atoms with Crippen LogP contribution in [0, 0.1) is 11.6 Å². The number of aliphatic carboxylic acids is 1. The summed E-state index contributed by atoms with van der Waals surface area (Å²) < 4.78 is 20.3. The average Bonchev–Trinajstić information content (AvgIpc) is 2.31. The van der Waals surface area contributed by atoms with E-state index in [1.54, 1.807) is 0 Å². The molecule has 0 saturated heterocycles. The summed E-state index contributed by atoms with van der Waals surface area (Å²) in [4.78, 5) is 20.1. The predicted molar refractivity (Wildman–Crippen MR) is 61.4 cm³/mol. The molecule has 94 valence electrons. The van der Waals surface area contributed by atoms with E-state index in [1.165, 1.54) is 11.8 Å². The zero-order chi connectivity index (χ0) is 13.1. The quantitative estimate of drug-likeness (QED) is 0.561. The maximum atomic E-state index is 10.9. The summed E-state index contributed by atoms with van der Waals surface area (Å²) in [6.07, 6.45) is 2.03. The number of hydrogen-bond acceptors (Lipinski definition) is 7. The molecule has 0 amide bonds. The Labute approximate surface area is 104 Å². The van der Waals surface area contributed by atoms with E-state index < -0.39 is 27.8 Å². The minimum atomic E-state index is -1.20. The molecular weight excluding hydrogens is 288 g/mol. The minimum absolute atomic E-state index is 0.214. The van der Waals surface area contributed by atoms with Gasteiger partial charge in [-0.3, -0.25) is 0 Å². The monoisotopic (exact) mass is 297 g/mol. The Balaban J connectivity index is 4.78. The number of thioether (sulfide) groups is 1. The number of carboxylic acid groups (broad SMARTS) is 1. The first-order chi connectivity index (χ1) is 8.17. The van der Waals surface area contributed by atoms with E-state index in [4.69, 9.17) is 5.11 Å². The van der Waals surface area contributed by atoms with Crippen LogP contribution in [0.5, 0.6) is 0 Å². The Bertz CT molecular complexity index is 415. The van der Waals surface area contributed by atoms with Gasteiger partial charge in [0.1, 0.15) is 0 Å². The van der Waals surface area contributed by atoms with Crippen LogP contribution in [0.1, 0.15) is 6.42 Å². The van der Waals surface area contributed by atoms with Crippen molar-refractivity contribution in [3.8, 4) is 11.6 Å². The standard InChI is InChI=1S/C7H9NO6P2S/c1-17-3-2-6(7(9)10)8(13-4-15-11)14-5-16-12/h6H,2-3H2,1H3,(H,9,10)/t6-/m0/s1. The van der Waals surface area contributed by atoms with Crippen molar-refractivity contribution < 1.29 is 28.7 Å². The molecule has 7 nitrogen and oxygen atoms in total. The molecule has 0 aromatic rings. The molecule has 0 aliphatic heterocycles. The fraction of sp³-hybridized carbons (Fsp3) is 0.571. The first kappa shape index (κ1) is 16.7. The number of nitrogens with zero attached hydrogens (tertiary/aromatic N) is 1. The van der Waals surface area contributed by atoms with Gasteiger partial charge in [0.15, 0.2) is 0 Å². The van der Waals surface area contributed by atoms with Crippen molar-refractivity contribution >= 4 is 33.6 Å². The Hall–Kier alpha value is -0.280. The van der Waals surface area contributed by atoms with Crippen molar-refractivity contribution in [1.29, 1.82) is 0 Å². The molecule has 0 aliphatic rings. The normalized spacial score (nSPS) is 11.4. The number of carbonyl (C=O) groups is 1. The molecule has 0 aromatic carbocycles. The zero-order valence-corrected chi connectivity index (χ0v) is 11.3. The molecule has 0 saturated carbocycles. The van der Waals surface area contributed by atoms with E-state index in [0.29, 0.717) is 11.0 Å². The molecular formula is C7H9NO6P2S. The van der Waals surface area contributed by atoms with Gasteiger partial charge in [-0.2, -0.15) is 0 Å². The Morgan fingerprint density at radius 3 is 2.29 bits per heavy atom. The van der Waals surface area contributed by atoms with Gasteiger partial charge in [0.2, 0.25) is 0 Å². The van der Waals surface area contributed by atoms with E-state index >= 15 is 0 Å². The summed E-state index contributed by atoms with van der Waals surface area (Å²) in [6.45, 7) is 0. The third-order valence-corrected chi connectivity index (χ3v) is 2.43. The molecule has 0 rings (SSSR count). The maximum absolute atomic E-state index is 10.9. The number of rotatable bonds is 7. The van der Waals surface area contributed by atoms with Crippen molar-refractivity contribution in [3.05, 3.63) is 0 Å². The molecule has 1 atom stereocenters. The fourth-order valence-corrected chi connectivity index (χ4v) is 1.49. The SMILES string of the molecule is CSCC[C@@H](C(=O)O)N(OC#P=O)OC#P=O. The van der Waals surface area contributed by atoms with Gasteiger partial charge in [-0.15, -0.1) is 0 Å². The van der Waals surface area contributed by atoms with E-state index in [0.717, 1.165) is 0 Å². The second-order valence-corrected chi connectivity index (χ2v) is 4.18. The molecule has 1 N–H and O–H groups in total. The van der Waals surface area contributed by atoms with Crippen molar-refractivity contribution in [2.45, 2.75) is 12.5 Å². The van der Waals surface area contributed by atoms with Crippen LogP contribution in [-0.2, 0) is 23.6 Å². The van der Waals surface area contributed by atoms with Gasteiger partial charge in [-0.05, 0) is 0 Å². The first-order valence-electron chi connectivity index (χ1n) is 4.17. The van der Waals surface area contributed by atoms with Crippen LogP contribution in [-0.4, -0.2) is 34.4 Å². The van der Waals surface area contributed by atoms with Crippen LogP contribution in [0.3, 0.4) is 0 Å². The molecule has 10 heteroatoms. The average molecular weight is 297 g/mol.